The molecule has 0 amide bonds. The van der Waals surface area contributed by atoms with E-state index in [4.69, 9.17) is 0 Å². The second kappa shape index (κ2) is 10.2. The van der Waals surface area contributed by atoms with Crippen molar-refractivity contribution in [2.24, 2.45) is 0 Å². The molecule has 4 aromatic rings. The summed E-state index contributed by atoms with van der Waals surface area (Å²) in [5.41, 5.74) is 24.6. The Morgan fingerprint density at radius 1 is 0.283 bits per heavy atom. The summed E-state index contributed by atoms with van der Waals surface area (Å²) in [6.07, 6.45) is 6.45. The first-order valence-electron chi connectivity index (χ1n) is 17.9. The van der Waals surface area contributed by atoms with Crippen LogP contribution in [0.2, 0.25) is 0 Å². The zero-order valence-corrected chi connectivity index (χ0v) is 30.9. The summed E-state index contributed by atoms with van der Waals surface area (Å²) in [6.45, 7) is 28.8. The van der Waals surface area contributed by atoms with E-state index in [1.54, 1.807) is 22.3 Å². The maximum absolute atomic E-state index is 2.60. The van der Waals surface area contributed by atoms with Gasteiger partial charge in [-0.25, -0.2) is 0 Å². The standard InChI is InChI=1S/C46H56/c1-43(2,3)39-23-35-31-17-27(39)13-14-28-18-33-22-34-20-30(16-15-29-19-32(21-31)36(35)24-40(29)44(4,5)6)42(46(10,11)12)26-38(34)37(33)25-41(28)45(7,8)9/h17-20,23-26H,13-16,21-22H2,1-12H3. The molecule has 0 aliphatic heterocycles. The van der Waals surface area contributed by atoms with Crippen molar-refractivity contribution in [3.8, 4) is 22.3 Å². The maximum Gasteiger partial charge on any atom is -0.00132 e. The molecule has 0 aromatic heterocycles. The highest BCUT2D eigenvalue weighted by Crippen LogP contribution is 2.47. The van der Waals surface area contributed by atoms with Gasteiger partial charge < -0.3 is 0 Å². The van der Waals surface area contributed by atoms with E-state index in [0.29, 0.717) is 0 Å². The van der Waals surface area contributed by atoms with Crippen LogP contribution in [0, 0.1) is 0 Å². The second-order valence-corrected chi connectivity index (χ2v) is 19.0. The summed E-state index contributed by atoms with van der Waals surface area (Å²) in [5.74, 6) is 0. The fraction of sp³-hybridized carbons (Fsp3) is 0.478. The number of benzene rings is 4. The topological polar surface area (TPSA) is 0 Å². The molecule has 3 aliphatic rings. The molecule has 0 nitrogen and oxygen atoms in total. The molecule has 0 saturated carbocycles. The molecule has 0 atom stereocenters. The van der Waals surface area contributed by atoms with Crippen LogP contribution in [-0.4, -0.2) is 0 Å². The average Bonchev–Trinajstić information content (AvgIpc) is 3.46. The number of aryl methyl sites for hydroxylation is 4. The summed E-state index contributed by atoms with van der Waals surface area (Å²) in [4.78, 5) is 0. The van der Waals surface area contributed by atoms with Crippen LogP contribution in [-0.2, 0) is 60.2 Å². The van der Waals surface area contributed by atoms with Crippen LogP contribution >= 0.6 is 0 Å². The first kappa shape index (κ1) is 31.5. The summed E-state index contributed by atoms with van der Waals surface area (Å²) in [6, 6.07) is 20.8. The predicted octanol–water partition coefficient (Wildman–Crippen LogP) is 11.9. The van der Waals surface area contributed by atoms with Gasteiger partial charge in [-0.1, -0.05) is 132 Å². The Morgan fingerprint density at radius 3 is 0.652 bits per heavy atom. The molecule has 0 spiro atoms. The van der Waals surface area contributed by atoms with E-state index in [-0.39, 0.29) is 21.7 Å². The van der Waals surface area contributed by atoms with Gasteiger partial charge in [-0.2, -0.15) is 0 Å². The third-order valence-electron chi connectivity index (χ3n) is 11.2. The third kappa shape index (κ3) is 5.29. The van der Waals surface area contributed by atoms with Gasteiger partial charge in [0.15, 0.2) is 0 Å². The molecular weight excluding hydrogens is 553 g/mol. The van der Waals surface area contributed by atoms with Crippen LogP contribution in [0.1, 0.15) is 150 Å². The Bertz CT molecular complexity index is 1620. The fourth-order valence-corrected chi connectivity index (χ4v) is 8.94. The molecule has 0 heteroatoms. The lowest BCUT2D eigenvalue weighted by Gasteiger charge is -2.28. The van der Waals surface area contributed by atoms with E-state index < -0.39 is 0 Å². The number of rotatable bonds is 0. The molecular formula is C46H56. The van der Waals surface area contributed by atoms with Crippen molar-refractivity contribution in [1.82, 2.24) is 0 Å². The first-order valence-corrected chi connectivity index (χ1v) is 17.9. The molecule has 0 unspecified atom stereocenters. The third-order valence-corrected chi connectivity index (χ3v) is 11.2. The van der Waals surface area contributed by atoms with Crippen molar-refractivity contribution in [3.63, 3.8) is 0 Å². The Balaban J connectivity index is 1.49. The van der Waals surface area contributed by atoms with Crippen LogP contribution in [0.5, 0.6) is 0 Å². The Morgan fingerprint density at radius 2 is 0.478 bits per heavy atom. The van der Waals surface area contributed by atoms with E-state index in [9.17, 15) is 0 Å². The lowest BCUT2D eigenvalue weighted by Crippen LogP contribution is -2.18. The van der Waals surface area contributed by atoms with Gasteiger partial charge in [-0.3, -0.25) is 0 Å². The molecule has 240 valence electrons. The highest BCUT2D eigenvalue weighted by molar-refractivity contribution is 5.81. The fourth-order valence-electron chi connectivity index (χ4n) is 8.94. The van der Waals surface area contributed by atoms with Crippen LogP contribution in [0.3, 0.4) is 0 Å². The van der Waals surface area contributed by atoms with E-state index in [1.807, 2.05) is 0 Å². The maximum atomic E-state index is 2.60. The molecule has 0 heterocycles. The Hall–Kier alpha value is -3.12. The van der Waals surface area contributed by atoms with Crippen molar-refractivity contribution in [2.75, 3.05) is 0 Å². The second-order valence-electron chi connectivity index (χ2n) is 19.0. The minimum atomic E-state index is 0.0906. The summed E-state index contributed by atoms with van der Waals surface area (Å²) < 4.78 is 0. The van der Waals surface area contributed by atoms with E-state index in [2.05, 4.69) is 132 Å². The van der Waals surface area contributed by atoms with E-state index in [0.717, 1.165) is 38.5 Å². The van der Waals surface area contributed by atoms with Crippen molar-refractivity contribution >= 4 is 0 Å². The summed E-state index contributed by atoms with van der Waals surface area (Å²) in [5, 5.41) is 0. The SMILES string of the molecule is CC(C)(C)c1cc2c3cc1CCc1cc4c(cc1C(C)(C)C)-c1cc(C(C)(C)C)c(cc1C4)CCc1cc(c-2cc1C(C)(C)C)C3. The Labute approximate surface area is 280 Å². The van der Waals surface area contributed by atoms with Crippen molar-refractivity contribution < 1.29 is 0 Å². The minimum Gasteiger partial charge on any atom is -0.0561 e. The smallest absolute Gasteiger partial charge is 0.00132 e. The molecule has 3 aliphatic carbocycles. The minimum absolute atomic E-state index is 0.0906. The average molecular weight is 609 g/mol. The molecule has 7 rings (SSSR count). The lowest BCUT2D eigenvalue weighted by atomic mass is 9.76. The van der Waals surface area contributed by atoms with Crippen molar-refractivity contribution in [2.45, 2.75) is 143 Å². The highest BCUT2D eigenvalue weighted by Gasteiger charge is 2.31. The molecule has 0 radical (unpaired) electrons. The normalized spacial score (nSPS) is 15.7. The number of fused-ring (bicyclic) bond motifs is 6. The van der Waals surface area contributed by atoms with Crippen LogP contribution in [0.4, 0.5) is 0 Å². The molecule has 0 fully saturated rings. The predicted molar refractivity (Wildman–Crippen MR) is 199 cm³/mol. The van der Waals surface area contributed by atoms with Gasteiger partial charge in [0.05, 0.1) is 0 Å². The van der Waals surface area contributed by atoms with Gasteiger partial charge in [-0.05, 0) is 149 Å². The molecule has 0 saturated heterocycles. The van der Waals surface area contributed by atoms with Gasteiger partial charge in [0, 0.05) is 0 Å². The van der Waals surface area contributed by atoms with Crippen molar-refractivity contribution in [1.29, 1.82) is 0 Å². The van der Waals surface area contributed by atoms with Gasteiger partial charge in [0.1, 0.15) is 0 Å². The first-order chi connectivity index (χ1) is 21.3. The Kier molecular flexibility index (Phi) is 6.97. The van der Waals surface area contributed by atoms with Gasteiger partial charge in [-0.15, -0.1) is 0 Å². The largest absolute Gasteiger partial charge is 0.0561 e. The highest BCUT2D eigenvalue weighted by atomic mass is 14.4. The summed E-state index contributed by atoms with van der Waals surface area (Å²) >= 11 is 0. The van der Waals surface area contributed by atoms with E-state index in [1.165, 1.54) is 66.8 Å². The monoisotopic (exact) mass is 608 g/mol. The zero-order valence-electron chi connectivity index (χ0n) is 30.9. The van der Waals surface area contributed by atoms with Gasteiger partial charge in [0.2, 0.25) is 0 Å². The quantitative estimate of drug-likeness (QED) is 0.161. The van der Waals surface area contributed by atoms with Crippen molar-refractivity contribution in [3.05, 3.63) is 115 Å². The van der Waals surface area contributed by atoms with Crippen LogP contribution in [0.25, 0.3) is 22.3 Å². The summed E-state index contributed by atoms with van der Waals surface area (Å²) in [7, 11) is 0. The molecule has 8 bridgehead atoms. The molecule has 4 aromatic carbocycles. The van der Waals surface area contributed by atoms with Gasteiger partial charge >= 0.3 is 0 Å². The lowest BCUT2D eigenvalue weighted by molar-refractivity contribution is 0.574. The van der Waals surface area contributed by atoms with Gasteiger partial charge in [0.25, 0.3) is 0 Å². The number of hydrogen-bond donors (Lipinski definition) is 0. The van der Waals surface area contributed by atoms with E-state index >= 15 is 0 Å². The van der Waals surface area contributed by atoms with Crippen LogP contribution < -0.4 is 0 Å². The zero-order chi connectivity index (χ0) is 33.1. The molecule has 46 heavy (non-hydrogen) atoms. The molecule has 0 N–H and O–H groups in total. The number of hydrogen-bond acceptors (Lipinski definition) is 0. The van der Waals surface area contributed by atoms with Crippen LogP contribution in [0.15, 0.2) is 48.5 Å².